The molecule has 134 valence electrons. The van der Waals surface area contributed by atoms with Crippen LogP contribution in [0.4, 0.5) is 10.5 Å². The van der Waals surface area contributed by atoms with Crippen LogP contribution in [0.1, 0.15) is 44.7 Å². The Morgan fingerprint density at radius 2 is 2.12 bits per heavy atom. The van der Waals surface area contributed by atoms with Gasteiger partial charge in [0, 0.05) is 25.3 Å². The van der Waals surface area contributed by atoms with Gasteiger partial charge in [0.05, 0.1) is 0 Å². The number of thioether (sulfide) groups is 1. The molecule has 5 heteroatoms. The second kappa shape index (κ2) is 8.65. The molecule has 0 aliphatic carbocycles. The van der Waals surface area contributed by atoms with E-state index in [0.29, 0.717) is 13.1 Å². The SMILES string of the molecule is CSCCCCNc1cccc2c1CCN(C(=O)OC(C)(C)C)C2. The molecule has 1 aromatic carbocycles. The molecule has 0 aromatic heterocycles. The van der Waals surface area contributed by atoms with E-state index in [1.54, 1.807) is 4.90 Å². The first-order valence-corrected chi connectivity index (χ1v) is 10.1. The van der Waals surface area contributed by atoms with E-state index in [0.717, 1.165) is 13.0 Å². The quantitative estimate of drug-likeness (QED) is 0.765. The van der Waals surface area contributed by atoms with Gasteiger partial charge in [-0.1, -0.05) is 12.1 Å². The lowest BCUT2D eigenvalue weighted by Gasteiger charge is -2.32. The fraction of sp³-hybridized carbons (Fsp3) is 0.632. The smallest absolute Gasteiger partial charge is 0.410 e. The zero-order chi connectivity index (χ0) is 17.6. The molecular formula is C19H30N2O2S. The normalized spacial score (nSPS) is 14.2. The topological polar surface area (TPSA) is 41.6 Å². The van der Waals surface area contributed by atoms with Crippen molar-refractivity contribution < 1.29 is 9.53 Å². The van der Waals surface area contributed by atoms with Gasteiger partial charge in [-0.3, -0.25) is 0 Å². The van der Waals surface area contributed by atoms with Crippen LogP contribution in [0.5, 0.6) is 0 Å². The highest BCUT2D eigenvalue weighted by molar-refractivity contribution is 7.98. The van der Waals surface area contributed by atoms with Crippen LogP contribution in [0.2, 0.25) is 0 Å². The molecule has 1 aliphatic rings. The number of hydrogen-bond acceptors (Lipinski definition) is 4. The van der Waals surface area contributed by atoms with Crippen molar-refractivity contribution in [3.63, 3.8) is 0 Å². The standard InChI is InChI=1S/C19H30N2O2S/c1-19(2,3)23-18(22)21-12-10-16-15(14-21)8-7-9-17(16)20-11-5-6-13-24-4/h7-9,20H,5-6,10-14H2,1-4H3. The van der Waals surface area contributed by atoms with Crippen molar-refractivity contribution in [1.29, 1.82) is 0 Å². The highest BCUT2D eigenvalue weighted by Crippen LogP contribution is 2.27. The highest BCUT2D eigenvalue weighted by atomic mass is 32.2. The van der Waals surface area contributed by atoms with E-state index >= 15 is 0 Å². The van der Waals surface area contributed by atoms with Gasteiger partial charge in [-0.05, 0) is 69.2 Å². The van der Waals surface area contributed by atoms with E-state index in [1.165, 1.54) is 35.4 Å². The molecule has 2 rings (SSSR count). The van der Waals surface area contributed by atoms with Crippen LogP contribution in [0.15, 0.2) is 18.2 Å². The summed E-state index contributed by atoms with van der Waals surface area (Å²) >= 11 is 1.90. The number of carbonyl (C=O) groups excluding carboxylic acids is 1. The second-order valence-corrected chi connectivity index (χ2v) is 8.21. The van der Waals surface area contributed by atoms with Crippen molar-refractivity contribution in [3.8, 4) is 0 Å². The monoisotopic (exact) mass is 350 g/mol. The molecule has 0 saturated heterocycles. The average Bonchev–Trinajstić information content (AvgIpc) is 2.52. The van der Waals surface area contributed by atoms with Crippen molar-refractivity contribution in [2.45, 2.75) is 52.2 Å². The molecule has 24 heavy (non-hydrogen) atoms. The molecular weight excluding hydrogens is 320 g/mol. The van der Waals surface area contributed by atoms with E-state index in [1.807, 2.05) is 32.5 Å². The Labute approximate surface area is 150 Å². The number of hydrogen-bond donors (Lipinski definition) is 1. The first kappa shape index (κ1) is 19.0. The summed E-state index contributed by atoms with van der Waals surface area (Å²) < 4.78 is 5.49. The minimum absolute atomic E-state index is 0.219. The average molecular weight is 351 g/mol. The molecule has 1 aliphatic heterocycles. The number of rotatable bonds is 6. The lowest BCUT2D eigenvalue weighted by Crippen LogP contribution is -2.40. The first-order chi connectivity index (χ1) is 11.4. The minimum Gasteiger partial charge on any atom is -0.444 e. The van der Waals surface area contributed by atoms with Gasteiger partial charge in [0.2, 0.25) is 0 Å². The van der Waals surface area contributed by atoms with Gasteiger partial charge < -0.3 is 15.0 Å². The Morgan fingerprint density at radius 3 is 2.83 bits per heavy atom. The summed E-state index contributed by atoms with van der Waals surface area (Å²) in [5, 5.41) is 3.57. The van der Waals surface area contributed by atoms with Crippen LogP contribution in [0, 0.1) is 0 Å². The summed E-state index contributed by atoms with van der Waals surface area (Å²) in [5.41, 5.74) is 3.35. The number of amides is 1. The summed E-state index contributed by atoms with van der Waals surface area (Å²) in [6.45, 7) is 8.07. The number of ether oxygens (including phenoxy) is 1. The van der Waals surface area contributed by atoms with Gasteiger partial charge >= 0.3 is 6.09 Å². The van der Waals surface area contributed by atoms with Gasteiger partial charge in [-0.15, -0.1) is 0 Å². The predicted molar refractivity (Wildman–Crippen MR) is 103 cm³/mol. The molecule has 1 amide bonds. The summed E-state index contributed by atoms with van der Waals surface area (Å²) in [4.78, 5) is 14.1. The number of fused-ring (bicyclic) bond motifs is 1. The molecule has 0 atom stereocenters. The summed E-state index contributed by atoms with van der Waals surface area (Å²) in [6.07, 6.45) is 5.24. The van der Waals surface area contributed by atoms with E-state index in [2.05, 4.69) is 29.8 Å². The molecule has 1 N–H and O–H groups in total. The summed E-state index contributed by atoms with van der Waals surface area (Å²) in [6, 6.07) is 6.34. The van der Waals surface area contributed by atoms with Gasteiger partial charge in [0.25, 0.3) is 0 Å². The zero-order valence-corrected chi connectivity index (χ0v) is 16.2. The molecule has 0 bridgehead atoms. The predicted octanol–water partition coefficient (Wildman–Crippen LogP) is 4.53. The number of carbonyl (C=O) groups is 1. The number of benzene rings is 1. The van der Waals surface area contributed by atoms with E-state index in [-0.39, 0.29) is 6.09 Å². The van der Waals surface area contributed by atoms with Crippen LogP contribution in [0.3, 0.4) is 0 Å². The van der Waals surface area contributed by atoms with Crippen LogP contribution in [-0.4, -0.2) is 41.7 Å². The lowest BCUT2D eigenvalue weighted by molar-refractivity contribution is 0.0224. The fourth-order valence-electron chi connectivity index (χ4n) is 2.85. The third-order valence-electron chi connectivity index (χ3n) is 4.01. The molecule has 0 fully saturated rings. The Bertz CT molecular complexity index is 555. The lowest BCUT2D eigenvalue weighted by atomic mass is 9.98. The Morgan fingerprint density at radius 1 is 1.33 bits per heavy atom. The number of nitrogens with zero attached hydrogens (tertiary/aromatic N) is 1. The maximum absolute atomic E-state index is 12.3. The van der Waals surface area contributed by atoms with Crippen LogP contribution in [0.25, 0.3) is 0 Å². The Kier molecular flexibility index (Phi) is 6.84. The molecule has 1 aromatic rings. The van der Waals surface area contributed by atoms with E-state index in [9.17, 15) is 4.79 Å². The van der Waals surface area contributed by atoms with Crippen molar-refractivity contribution in [3.05, 3.63) is 29.3 Å². The van der Waals surface area contributed by atoms with Crippen LogP contribution < -0.4 is 5.32 Å². The maximum atomic E-state index is 12.3. The highest BCUT2D eigenvalue weighted by Gasteiger charge is 2.26. The fourth-order valence-corrected chi connectivity index (χ4v) is 3.34. The van der Waals surface area contributed by atoms with Crippen LogP contribution >= 0.6 is 11.8 Å². The summed E-state index contributed by atoms with van der Waals surface area (Å²) in [7, 11) is 0. The van der Waals surface area contributed by atoms with Gasteiger partial charge in [-0.2, -0.15) is 11.8 Å². The largest absolute Gasteiger partial charge is 0.444 e. The van der Waals surface area contributed by atoms with E-state index in [4.69, 9.17) is 4.74 Å². The third kappa shape index (κ3) is 5.62. The molecule has 1 heterocycles. The first-order valence-electron chi connectivity index (χ1n) is 8.72. The molecule has 0 saturated carbocycles. The molecule has 0 unspecified atom stereocenters. The Balaban J connectivity index is 1.95. The minimum atomic E-state index is -0.447. The van der Waals surface area contributed by atoms with Crippen molar-refractivity contribution in [1.82, 2.24) is 4.90 Å². The Hall–Kier alpha value is -1.36. The number of unbranched alkanes of at least 4 members (excludes halogenated alkanes) is 1. The van der Waals surface area contributed by atoms with Crippen molar-refractivity contribution >= 4 is 23.5 Å². The summed E-state index contributed by atoms with van der Waals surface area (Å²) in [5.74, 6) is 1.22. The van der Waals surface area contributed by atoms with Gasteiger partial charge in [0.15, 0.2) is 0 Å². The second-order valence-electron chi connectivity index (χ2n) is 7.22. The van der Waals surface area contributed by atoms with Gasteiger partial charge in [-0.25, -0.2) is 4.79 Å². The van der Waals surface area contributed by atoms with Crippen LogP contribution in [-0.2, 0) is 17.7 Å². The number of nitrogens with one attached hydrogen (secondary N) is 1. The van der Waals surface area contributed by atoms with E-state index < -0.39 is 5.60 Å². The van der Waals surface area contributed by atoms with Gasteiger partial charge in [0.1, 0.15) is 5.60 Å². The molecule has 0 spiro atoms. The van der Waals surface area contributed by atoms with Crippen molar-refractivity contribution in [2.75, 3.05) is 30.4 Å². The zero-order valence-electron chi connectivity index (χ0n) is 15.4. The van der Waals surface area contributed by atoms with Crippen molar-refractivity contribution in [2.24, 2.45) is 0 Å². The number of anilines is 1. The molecule has 4 nitrogen and oxygen atoms in total. The third-order valence-corrected chi connectivity index (χ3v) is 4.71. The maximum Gasteiger partial charge on any atom is 0.410 e. The molecule has 0 radical (unpaired) electrons.